The number of piperidine rings is 2. The molecule has 0 aliphatic carbocycles. The molecule has 0 unspecified atom stereocenters. The van der Waals surface area contributed by atoms with Crippen molar-refractivity contribution in [3.8, 4) is 0 Å². The summed E-state index contributed by atoms with van der Waals surface area (Å²) in [6, 6.07) is 8.51. The smallest absolute Gasteiger partial charge is 0.229 e. The minimum Gasteiger partial charge on any atom is -0.343 e. The first-order valence-electron chi connectivity index (χ1n) is 10.8. The summed E-state index contributed by atoms with van der Waals surface area (Å²) < 4.78 is 13.8. The molecule has 1 aromatic heterocycles. The lowest BCUT2D eigenvalue weighted by Crippen LogP contribution is -2.53. The van der Waals surface area contributed by atoms with Gasteiger partial charge in [0.25, 0.3) is 0 Å². The van der Waals surface area contributed by atoms with E-state index in [4.69, 9.17) is 0 Å². The van der Waals surface area contributed by atoms with Crippen LogP contribution in [0.4, 0.5) is 4.39 Å². The van der Waals surface area contributed by atoms with Crippen LogP contribution in [0.15, 0.2) is 36.5 Å². The van der Waals surface area contributed by atoms with E-state index in [1.807, 2.05) is 17.0 Å². The van der Waals surface area contributed by atoms with E-state index in [9.17, 15) is 14.0 Å². The maximum absolute atomic E-state index is 13.9. The lowest BCUT2D eigenvalue weighted by molar-refractivity contribution is -0.149. The predicted octanol–water partition coefficient (Wildman–Crippen LogP) is 3.13. The quantitative estimate of drug-likeness (QED) is 0.839. The molecule has 0 bridgehead atoms. The minimum absolute atomic E-state index is 0.0408. The predicted molar refractivity (Wildman–Crippen MR) is 111 cm³/mol. The van der Waals surface area contributed by atoms with E-state index < -0.39 is 5.41 Å². The molecule has 2 aromatic rings. The highest BCUT2D eigenvalue weighted by molar-refractivity contribution is 5.84. The van der Waals surface area contributed by atoms with Crippen molar-refractivity contribution in [2.24, 2.45) is 5.41 Å². The summed E-state index contributed by atoms with van der Waals surface area (Å²) in [7, 11) is 0. The maximum Gasteiger partial charge on any atom is 0.229 e. The van der Waals surface area contributed by atoms with Crippen molar-refractivity contribution >= 4 is 11.8 Å². The van der Waals surface area contributed by atoms with Crippen molar-refractivity contribution in [3.63, 3.8) is 0 Å². The average molecular weight is 413 g/mol. The number of likely N-dealkylation sites (tertiary alicyclic amines) is 2. The molecule has 1 atom stereocenters. The van der Waals surface area contributed by atoms with Crippen LogP contribution in [0.2, 0.25) is 0 Å². The standard InChI is InChI=1S/C23H29FN4O2/c1-17(29)27-12-8-23(9-13-27,15-18-4-2-6-20(24)14-18)22(30)28-11-3-5-19(16-28)21-7-10-25-26-21/h2,4,6-7,10,14,19H,3,5,8-9,11-13,15-16H2,1H3,(H,25,26)/t19-/m1/s1. The number of carbonyl (C=O) groups is 2. The zero-order chi connectivity index (χ0) is 21.1. The van der Waals surface area contributed by atoms with Gasteiger partial charge in [-0.1, -0.05) is 12.1 Å². The second kappa shape index (κ2) is 8.58. The first-order chi connectivity index (χ1) is 14.5. The van der Waals surface area contributed by atoms with Crippen LogP contribution in [0.5, 0.6) is 0 Å². The Bertz CT molecular complexity index is 890. The van der Waals surface area contributed by atoms with Crippen molar-refractivity contribution < 1.29 is 14.0 Å². The van der Waals surface area contributed by atoms with Crippen LogP contribution >= 0.6 is 0 Å². The van der Waals surface area contributed by atoms with Gasteiger partial charge < -0.3 is 9.80 Å². The monoisotopic (exact) mass is 412 g/mol. The molecule has 2 aliphatic heterocycles. The molecule has 3 heterocycles. The molecule has 2 fully saturated rings. The Morgan fingerprint density at radius 2 is 2.00 bits per heavy atom. The fourth-order valence-electron chi connectivity index (χ4n) is 5.00. The Morgan fingerprint density at radius 1 is 1.20 bits per heavy atom. The number of aromatic amines is 1. The molecule has 1 aromatic carbocycles. The Labute approximate surface area is 176 Å². The molecule has 7 heteroatoms. The highest BCUT2D eigenvalue weighted by Crippen LogP contribution is 2.39. The minimum atomic E-state index is -0.602. The van der Waals surface area contributed by atoms with Gasteiger partial charge in [0, 0.05) is 50.9 Å². The van der Waals surface area contributed by atoms with Crippen LogP contribution in [0.25, 0.3) is 0 Å². The average Bonchev–Trinajstić information content (AvgIpc) is 3.29. The Hall–Kier alpha value is -2.70. The van der Waals surface area contributed by atoms with Gasteiger partial charge in [-0.15, -0.1) is 0 Å². The second-order valence-corrected chi connectivity index (χ2v) is 8.70. The fourth-order valence-corrected chi connectivity index (χ4v) is 5.00. The van der Waals surface area contributed by atoms with Gasteiger partial charge in [0.2, 0.25) is 11.8 Å². The Balaban J connectivity index is 1.57. The summed E-state index contributed by atoms with van der Waals surface area (Å²) in [4.78, 5) is 29.5. The van der Waals surface area contributed by atoms with E-state index in [0.717, 1.165) is 30.6 Å². The summed E-state index contributed by atoms with van der Waals surface area (Å²) in [5.74, 6) is 0.153. The number of nitrogens with one attached hydrogen (secondary N) is 1. The summed E-state index contributed by atoms with van der Waals surface area (Å²) in [6.07, 6.45) is 5.44. The number of H-pyrrole nitrogens is 1. The van der Waals surface area contributed by atoms with Crippen LogP contribution in [0.1, 0.15) is 49.8 Å². The van der Waals surface area contributed by atoms with Gasteiger partial charge in [0.15, 0.2) is 0 Å². The zero-order valence-electron chi connectivity index (χ0n) is 17.4. The Morgan fingerprint density at radius 3 is 2.67 bits per heavy atom. The third kappa shape index (κ3) is 4.25. The van der Waals surface area contributed by atoms with Gasteiger partial charge in [-0.05, 0) is 55.9 Å². The van der Waals surface area contributed by atoms with Gasteiger partial charge in [-0.25, -0.2) is 4.39 Å². The first-order valence-corrected chi connectivity index (χ1v) is 10.8. The van der Waals surface area contributed by atoms with Crippen molar-refractivity contribution in [1.29, 1.82) is 0 Å². The number of hydrogen-bond donors (Lipinski definition) is 1. The van der Waals surface area contributed by atoms with Crippen molar-refractivity contribution in [2.45, 2.75) is 44.9 Å². The van der Waals surface area contributed by atoms with E-state index in [2.05, 4.69) is 10.2 Å². The van der Waals surface area contributed by atoms with Crippen LogP contribution in [0, 0.1) is 11.2 Å². The highest BCUT2D eigenvalue weighted by Gasteiger charge is 2.45. The van der Waals surface area contributed by atoms with Crippen LogP contribution in [-0.2, 0) is 16.0 Å². The summed E-state index contributed by atoms with van der Waals surface area (Å²) in [5.41, 5.74) is 1.30. The fraction of sp³-hybridized carbons (Fsp3) is 0.522. The van der Waals surface area contributed by atoms with Gasteiger partial charge in [0.05, 0.1) is 5.41 Å². The molecular weight excluding hydrogens is 383 g/mol. The molecule has 1 N–H and O–H groups in total. The van der Waals surface area contributed by atoms with Crippen molar-refractivity contribution in [2.75, 3.05) is 26.2 Å². The lowest BCUT2D eigenvalue weighted by Gasteiger charge is -2.45. The SMILES string of the molecule is CC(=O)N1CCC(Cc2cccc(F)c2)(C(=O)N2CCC[C@@H](c3ccn[nH]3)C2)CC1. The molecule has 0 spiro atoms. The summed E-state index contributed by atoms with van der Waals surface area (Å²) in [6.45, 7) is 4.11. The molecule has 6 nitrogen and oxygen atoms in total. The van der Waals surface area contributed by atoms with Crippen LogP contribution in [0.3, 0.4) is 0 Å². The number of rotatable bonds is 4. The summed E-state index contributed by atoms with van der Waals surface area (Å²) in [5, 5.41) is 7.10. The molecule has 2 saturated heterocycles. The van der Waals surface area contributed by atoms with Gasteiger partial charge in [-0.3, -0.25) is 14.7 Å². The molecule has 0 saturated carbocycles. The largest absolute Gasteiger partial charge is 0.343 e. The molecule has 160 valence electrons. The van der Waals surface area contributed by atoms with E-state index in [1.165, 1.54) is 12.1 Å². The summed E-state index contributed by atoms with van der Waals surface area (Å²) >= 11 is 0. The van der Waals surface area contributed by atoms with Gasteiger partial charge in [-0.2, -0.15) is 5.10 Å². The molecule has 2 amide bonds. The number of aromatic nitrogens is 2. The molecule has 30 heavy (non-hydrogen) atoms. The molecule has 2 aliphatic rings. The second-order valence-electron chi connectivity index (χ2n) is 8.70. The number of hydrogen-bond acceptors (Lipinski definition) is 3. The first kappa shape index (κ1) is 20.6. The van der Waals surface area contributed by atoms with E-state index in [1.54, 1.807) is 24.1 Å². The number of carbonyl (C=O) groups excluding carboxylic acids is 2. The third-order valence-electron chi connectivity index (χ3n) is 6.72. The van der Waals surface area contributed by atoms with Gasteiger partial charge >= 0.3 is 0 Å². The number of nitrogens with zero attached hydrogens (tertiary/aromatic N) is 3. The Kier molecular flexibility index (Phi) is 5.88. The number of benzene rings is 1. The van der Waals surface area contributed by atoms with Crippen LogP contribution in [-0.4, -0.2) is 58.0 Å². The number of amides is 2. The third-order valence-corrected chi connectivity index (χ3v) is 6.72. The lowest BCUT2D eigenvalue weighted by atomic mass is 9.72. The highest BCUT2D eigenvalue weighted by atomic mass is 19.1. The van der Waals surface area contributed by atoms with Crippen LogP contribution < -0.4 is 0 Å². The maximum atomic E-state index is 13.9. The topological polar surface area (TPSA) is 69.3 Å². The van der Waals surface area contributed by atoms with Gasteiger partial charge in [0.1, 0.15) is 5.82 Å². The molecule has 0 radical (unpaired) electrons. The molecular formula is C23H29FN4O2. The molecule has 4 rings (SSSR count). The normalized spacial score (nSPS) is 21.5. The zero-order valence-corrected chi connectivity index (χ0v) is 17.4. The van der Waals surface area contributed by atoms with E-state index in [-0.39, 0.29) is 23.5 Å². The number of halogens is 1. The van der Waals surface area contributed by atoms with Crippen molar-refractivity contribution in [1.82, 2.24) is 20.0 Å². The van der Waals surface area contributed by atoms with Crippen molar-refractivity contribution in [3.05, 3.63) is 53.6 Å². The van der Waals surface area contributed by atoms with E-state index >= 15 is 0 Å². The van der Waals surface area contributed by atoms with E-state index in [0.29, 0.717) is 38.9 Å².